The van der Waals surface area contributed by atoms with Gasteiger partial charge in [-0.05, 0) is 45.4 Å². The van der Waals surface area contributed by atoms with E-state index in [1.54, 1.807) is 18.2 Å². The fraction of sp³-hybridized carbons (Fsp3) is 0.500. The topological polar surface area (TPSA) is 76.7 Å². The molecule has 0 saturated carbocycles. The quantitative estimate of drug-likeness (QED) is 0.611. The Hall–Kier alpha value is -1.95. The van der Waals surface area contributed by atoms with Crippen LogP contribution >= 0.6 is 11.6 Å². The monoisotopic (exact) mass is 342 g/mol. The van der Waals surface area contributed by atoms with Crippen molar-refractivity contribution in [3.63, 3.8) is 0 Å². The summed E-state index contributed by atoms with van der Waals surface area (Å²) in [6, 6.07) is 5.04. The van der Waals surface area contributed by atoms with Crippen LogP contribution in [0.2, 0.25) is 5.02 Å². The molecule has 6 nitrogen and oxygen atoms in total. The molecule has 0 spiro atoms. The summed E-state index contributed by atoms with van der Waals surface area (Å²) in [4.78, 5) is 23.0. The number of carbonyl (C=O) groups excluding carboxylic acids is 2. The Morgan fingerprint density at radius 3 is 2.52 bits per heavy atom. The summed E-state index contributed by atoms with van der Waals surface area (Å²) in [5.74, 6) is -0.481. The van der Waals surface area contributed by atoms with Crippen molar-refractivity contribution in [2.45, 2.75) is 32.8 Å². The number of carbonyl (C=O) groups is 2. The first-order valence-electron chi connectivity index (χ1n) is 7.31. The lowest BCUT2D eigenvalue weighted by Gasteiger charge is -2.19. The fourth-order valence-electron chi connectivity index (χ4n) is 1.73. The van der Waals surface area contributed by atoms with Gasteiger partial charge in [0.2, 0.25) is 0 Å². The predicted octanol–water partition coefficient (Wildman–Crippen LogP) is 3.45. The predicted molar refractivity (Wildman–Crippen MR) is 90.1 cm³/mol. The molecule has 1 aromatic rings. The number of ether oxygens (including phenoxy) is 2. The van der Waals surface area contributed by atoms with Crippen molar-refractivity contribution in [3.8, 4) is 0 Å². The molecule has 1 amide bonds. The molecule has 0 aliphatic carbocycles. The van der Waals surface area contributed by atoms with E-state index in [0.717, 1.165) is 5.69 Å². The van der Waals surface area contributed by atoms with E-state index in [-0.39, 0.29) is 0 Å². The van der Waals surface area contributed by atoms with Crippen molar-refractivity contribution < 1.29 is 19.1 Å². The van der Waals surface area contributed by atoms with E-state index >= 15 is 0 Å². The zero-order valence-corrected chi connectivity index (χ0v) is 14.6. The van der Waals surface area contributed by atoms with Crippen molar-refractivity contribution in [2.24, 2.45) is 0 Å². The maximum absolute atomic E-state index is 11.6. The lowest BCUT2D eigenvalue weighted by molar-refractivity contribution is 0.0526. The van der Waals surface area contributed by atoms with Crippen LogP contribution in [0.25, 0.3) is 0 Å². The minimum absolute atomic E-state index is 0.311. The van der Waals surface area contributed by atoms with Gasteiger partial charge in [0.25, 0.3) is 0 Å². The Bertz CT molecular complexity index is 556. The number of rotatable bonds is 6. The van der Waals surface area contributed by atoms with Gasteiger partial charge in [0.05, 0.1) is 17.7 Å². The molecule has 0 atom stereocenters. The van der Waals surface area contributed by atoms with Crippen LogP contribution in [0.3, 0.4) is 0 Å². The molecule has 0 aliphatic heterocycles. The number of hydrogen-bond donors (Lipinski definition) is 2. The van der Waals surface area contributed by atoms with Gasteiger partial charge < -0.3 is 20.1 Å². The molecule has 128 valence electrons. The lowest BCUT2D eigenvalue weighted by atomic mass is 10.2. The first kappa shape index (κ1) is 19.1. The maximum Gasteiger partial charge on any atom is 0.407 e. The molecular formula is C16H23ClN2O4. The SMILES string of the molecule is COC(=O)c1cc(NCCCNC(=O)OC(C)(C)C)ccc1Cl. The van der Waals surface area contributed by atoms with Crippen LogP contribution < -0.4 is 10.6 Å². The van der Waals surface area contributed by atoms with Crippen molar-refractivity contribution in [1.29, 1.82) is 0 Å². The molecule has 0 aromatic heterocycles. The van der Waals surface area contributed by atoms with Crippen molar-refractivity contribution in [2.75, 3.05) is 25.5 Å². The van der Waals surface area contributed by atoms with E-state index < -0.39 is 17.7 Å². The summed E-state index contributed by atoms with van der Waals surface area (Å²) in [5, 5.41) is 6.17. The summed E-state index contributed by atoms with van der Waals surface area (Å²) in [5.41, 5.74) is 0.564. The minimum Gasteiger partial charge on any atom is -0.465 e. The highest BCUT2D eigenvalue weighted by Gasteiger charge is 2.15. The van der Waals surface area contributed by atoms with E-state index in [1.165, 1.54) is 7.11 Å². The molecule has 1 rings (SSSR count). The molecule has 0 unspecified atom stereocenters. The molecule has 23 heavy (non-hydrogen) atoms. The highest BCUT2D eigenvalue weighted by Crippen LogP contribution is 2.21. The second kappa shape index (κ2) is 8.62. The molecule has 1 aromatic carbocycles. The maximum atomic E-state index is 11.6. The molecular weight excluding hydrogens is 320 g/mol. The number of benzene rings is 1. The third kappa shape index (κ3) is 7.23. The highest BCUT2D eigenvalue weighted by molar-refractivity contribution is 6.33. The molecule has 0 heterocycles. The van der Waals surface area contributed by atoms with E-state index in [2.05, 4.69) is 15.4 Å². The van der Waals surface area contributed by atoms with Crippen molar-refractivity contribution >= 4 is 29.4 Å². The van der Waals surface area contributed by atoms with Crippen molar-refractivity contribution in [3.05, 3.63) is 28.8 Å². The van der Waals surface area contributed by atoms with Crippen LogP contribution in [0.5, 0.6) is 0 Å². The molecule has 0 bridgehead atoms. The van der Waals surface area contributed by atoms with Gasteiger partial charge >= 0.3 is 12.1 Å². The number of nitrogens with one attached hydrogen (secondary N) is 2. The zero-order valence-electron chi connectivity index (χ0n) is 13.9. The number of halogens is 1. The van der Waals surface area contributed by atoms with E-state index in [4.69, 9.17) is 16.3 Å². The summed E-state index contributed by atoms with van der Waals surface area (Å²) in [7, 11) is 1.31. The molecule has 2 N–H and O–H groups in total. The van der Waals surface area contributed by atoms with Gasteiger partial charge in [-0.2, -0.15) is 0 Å². The van der Waals surface area contributed by atoms with Crippen LogP contribution in [0.15, 0.2) is 18.2 Å². The van der Waals surface area contributed by atoms with E-state index in [0.29, 0.717) is 30.1 Å². The Kier molecular flexibility index (Phi) is 7.16. The second-order valence-corrected chi connectivity index (χ2v) is 6.30. The average Bonchev–Trinajstić information content (AvgIpc) is 2.45. The number of esters is 1. The summed E-state index contributed by atoms with van der Waals surface area (Å²) < 4.78 is 9.80. The van der Waals surface area contributed by atoms with Crippen LogP contribution in [-0.4, -0.2) is 37.9 Å². The molecule has 7 heteroatoms. The molecule has 0 radical (unpaired) electrons. The zero-order chi connectivity index (χ0) is 17.5. The van der Waals surface area contributed by atoms with E-state index in [1.807, 2.05) is 20.8 Å². The summed E-state index contributed by atoms with van der Waals surface area (Å²) >= 11 is 5.95. The first-order chi connectivity index (χ1) is 10.7. The number of amides is 1. The first-order valence-corrected chi connectivity index (χ1v) is 7.69. The summed E-state index contributed by atoms with van der Waals surface area (Å²) in [6.07, 6.45) is 0.270. The van der Waals surface area contributed by atoms with Gasteiger partial charge in [-0.1, -0.05) is 11.6 Å². The van der Waals surface area contributed by atoms with Gasteiger partial charge in [-0.15, -0.1) is 0 Å². The van der Waals surface area contributed by atoms with Crippen LogP contribution in [0.4, 0.5) is 10.5 Å². The van der Waals surface area contributed by atoms with Gasteiger partial charge in [0, 0.05) is 18.8 Å². The molecule has 0 fully saturated rings. The Morgan fingerprint density at radius 2 is 1.91 bits per heavy atom. The van der Waals surface area contributed by atoms with E-state index in [9.17, 15) is 9.59 Å². The fourth-order valence-corrected chi connectivity index (χ4v) is 1.92. The highest BCUT2D eigenvalue weighted by atomic mass is 35.5. The standard InChI is InChI=1S/C16H23ClN2O4/c1-16(2,3)23-15(21)19-9-5-8-18-11-6-7-13(17)12(10-11)14(20)22-4/h6-7,10,18H,5,8-9H2,1-4H3,(H,19,21). The smallest absolute Gasteiger partial charge is 0.407 e. The normalized spacial score (nSPS) is 10.8. The van der Waals surface area contributed by atoms with Gasteiger partial charge in [0.1, 0.15) is 5.60 Å². The number of methoxy groups -OCH3 is 1. The third-order valence-corrected chi connectivity index (χ3v) is 3.05. The Balaban J connectivity index is 2.37. The second-order valence-electron chi connectivity index (χ2n) is 5.90. The Morgan fingerprint density at radius 1 is 1.22 bits per heavy atom. The number of alkyl carbamates (subject to hydrolysis) is 1. The molecule has 0 aliphatic rings. The van der Waals surface area contributed by atoms with Crippen LogP contribution in [0.1, 0.15) is 37.6 Å². The minimum atomic E-state index is -0.504. The average molecular weight is 343 g/mol. The number of hydrogen-bond acceptors (Lipinski definition) is 5. The number of anilines is 1. The van der Waals surface area contributed by atoms with Gasteiger partial charge in [-0.25, -0.2) is 9.59 Å². The van der Waals surface area contributed by atoms with Gasteiger partial charge in [-0.3, -0.25) is 0 Å². The lowest BCUT2D eigenvalue weighted by Crippen LogP contribution is -2.33. The summed E-state index contributed by atoms with van der Waals surface area (Å²) in [6.45, 7) is 6.55. The van der Waals surface area contributed by atoms with Gasteiger partial charge in [0.15, 0.2) is 0 Å². The Labute approximate surface area is 141 Å². The van der Waals surface area contributed by atoms with Crippen LogP contribution in [0, 0.1) is 0 Å². The largest absolute Gasteiger partial charge is 0.465 e. The van der Waals surface area contributed by atoms with Crippen molar-refractivity contribution in [1.82, 2.24) is 5.32 Å². The third-order valence-electron chi connectivity index (χ3n) is 2.72. The van der Waals surface area contributed by atoms with Crippen LogP contribution in [-0.2, 0) is 9.47 Å². The molecule has 0 saturated heterocycles.